The molecule has 1 fully saturated rings. The topological polar surface area (TPSA) is 52.0 Å². The van der Waals surface area contributed by atoms with E-state index < -0.39 is 0 Å². The molecule has 106 valence electrons. The lowest BCUT2D eigenvalue weighted by atomic mass is 9.95. The molecule has 0 aromatic carbocycles. The van der Waals surface area contributed by atoms with E-state index in [9.17, 15) is 5.26 Å². The maximum atomic E-state index is 9.32. The van der Waals surface area contributed by atoms with Gasteiger partial charge in [-0.1, -0.05) is 0 Å². The van der Waals surface area contributed by atoms with E-state index in [0.717, 1.165) is 31.7 Å². The minimum atomic E-state index is 0.671. The molecule has 3 rings (SSSR count). The second-order valence-corrected chi connectivity index (χ2v) is 6.11. The zero-order valence-electron chi connectivity index (χ0n) is 12.2. The average Bonchev–Trinajstić information content (AvgIpc) is 2.89. The smallest absolute Gasteiger partial charge is 0.144 e. The van der Waals surface area contributed by atoms with Gasteiger partial charge < -0.3 is 10.2 Å². The van der Waals surface area contributed by atoms with Gasteiger partial charge in [0.2, 0.25) is 0 Å². The van der Waals surface area contributed by atoms with Crippen molar-refractivity contribution in [3.63, 3.8) is 0 Å². The molecule has 2 aliphatic rings. The Labute approximate surface area is 120 Å². The fraction of sp³-hybridized carbons (Fsp3) is 0.625. The summed E-state index contributed by atoms with van der Waals surface area (Å²) in [5.74, 6) is 1.46. The normalized spacial score (nSPS) is 22.3. The number of nitrogens with zero attached hydrogens (tertiary/aromatic N) is 3. The molecule has 0 radical (unpaired) electrons. The molecule has 1 aliphatic heterocycles. The molecule has 0 spiro atoms. The molecule has 1 saturated heterocycles. The largest absolute Gasteiger partial charge is 0.369 e. The summed E-state index contributed by atoms with van der Waals surface area (Å²) in [6.07, 6.45) is 5.81. The summed E-state index contributed by atoms with van der Waals surface area (Å²) in [5, 5.41) is 12.7. The van der Waals surface area contributed by atoms with Crippen LogP contribution < -0.4 is 5.32 Å². The lowest BCUT2D eigenvalue weighted by molar-refractivity contribution is 0.399. The number of anilines is 1. The lowest BCUT2D eigenvalue weighted by Gasteiger charge is -2.18. The summed E-state index contributed by atoms with van der Waals surface area (Å²) in [6, 6.07) is 4.34. The number of hydrogen-bond donors (Lipinski definition) is 1. The van der Waals surface area contributed by atoms with E-state index in [1.807, 2.05) is 6.07 Å². The molecule has 0 amide bonds. The minimum Gasteiger partial charge on any atom is -0.369 e. The van der Waals surface area contributed by atoms with E-state index >= 15 is 0 Å². The Hall–Kier alpha value is -1.60. The van der Waals surface area contributed by atoms with Crippen molar-refractivity contribution < 1.29 is 0 Å². The molecule has 1 atom stereocenters. The van der Waals surface area contributed by atoms with Gasteiger partial charge >= 0.3 is 0 Å². The number of likely N-dealkylation sites (tertiary alicyclic amines) is 1. The van der Waals surface area contributed by atoms with E-state index in [1.54, 1.807) is 0 Å². The number of rotatable bonds is 3. The van der Waals surface area contributed by atoms with Gasteiger partial charge in [-0.15, -0.1) is 0 Å². The molecule has 2 heterocycles. The van der Waals surface area contributed by atoms with Crippen molar-refractivity contribution in [2.24, 2.45) is 5.92 Å². The average molecular weight is 270 g/mol. The number of hydrogen-bond acceptors (Lipinski definition) is 4. The molecule has 4 nitrogen and oxygen atoms in total. The molecule has 20 heavy (non-hydrogen) atoms. The molecule has 0 saturated carbocycles. The third-order valence-electron chi connectivity index (χ3n) is 4.47. The van der Waals surface area contributed by atoms with Crippen LogP contribution in [0.2, 0.25) is 0 Å². The highest BCUT2D eigenvalue weighted by Gasteiger charge is 2.20. The molecular formula is C16H22N4. The molecule has 1 N–H and O–H groups in total. The molecule has 1 aromatic heterocycles. The Morgan fingerprint density at radius 2 is 2.30 bits per heavy atom. The Kier molecular flexibility index (Phi) is 3.88. The third-order valence-corrected chi connectivity index (χ3v) is 4.47. The van der Waals surface area contributed by atoms with Gasteiger partial charge in [0.15, 0.2) is 0 Å². The van der Waals surface area contributed by atoms with Crippen LogP contribution in [0.3, 0.4) is 0 Å². The number of nitrogens with one attached hydrogen (secondary N) is 1. The summed E-state index contributed by atoms with van der Waals surface area (Å²) in [7, 11) is 2.16. The molecule has 4 heteroatoms. The predicted molar refractivity (Wildman–Crippen MR) is 79.7 cm³/mol. The van der Waals surface area contributed by atoms with Gasteiger partial charge in [0.05, 0.1) is 5.56 Å². The lowest BCUT2D eigenvalue weighted by Crippen LogP contribution is -2.20. The number of pyridine rings is 1. The summed E-state index contributed by atoms with van der Waals surface area (Å²) in [6.45, 7) is 3.24. The second-order valence-electron chi connectivity index (χ2n) is 6.11. The first-order valence-corrected chi connectivity index (χ1v) is 7.61. The van der Waals surface area contributed by atoms with Crippen molar-refractivity contribution in [2.75, 3.05) is 32.0 Å². The fourth-order valence-electron chi connectivity index (χ4n) is 3.29. The maximum absolute atomic E-state index is 9.32. The Balaban J connectivity index is 1.73. The standard InChI is InChI=1S/C16H22N4/c1-20-7-6-12(11-20)10-18-16-14(9-17)8-13-4-2-3-5-15(13)19-16/h8,12H,2-7,10-11H2,1H3,(H,18,19). The van der Waals surface area contributed by atoms with E-state index in [2.05, 4.69) is 23.3 Å². The molecule has 1 aliphatic carbocycles. The van der Waals surface area contributed by atoms with Crippen molar-refractivity contribution >= 4 is 5.82 Å². The van der Waals surface area contributed by atoms with Crippen molar-refractivity contribution in [1.82, 2.24) is 9.88 Å². The van der Waals surface area contributed by atoms with Crippen molar-refractivity contribution in [1.29, 1.82) is 5.26 Å². The summed E-state index contributed by atoms with van der Waals surface area (Å²) in [4.78, 5) is 7.08. The number of aryl methyl sites for hydroxylation is 2. The van der Waals surface area contributed by atoms with E-state index in [1.165, 1.54) is 37.1 Å². The summed E-state index contributed by atoms with van der Waals surface area (Å²) >= 11 is 0. The van der Waals surface area contributed by atoms with Crippen molar-refractivity contribution in [3.8, 4) is 6.07 Å². The fourth-order valence-corrected chi connectivity index (χ4v) is 3.29. The summed E-state index contributed by atoms with van der Waals surface area (Å²) in [5.41, 5.74) is 3.18. The van der Waals surface area contributed by atoms with Crippen molar-refractivity contribution in [3.05, 3.63) is 22.9 Å². The quantitative estimate of drug-likeness (QED) is 0.915. The highest BCUT2D eigenvalue weighted by Crippen LogP contribution is 2.25. The minimum absolute atomic E-state index is 0.671. The van der Waals surface area contributed by atoms with Gasteiger partial charge in [-0.25, -0.2) is 4.98 Å². The zero-order valence-corrected chi connectivity index (χ0v) is 12.2. The molecule has 0 bridgehead atoms. The zero-order chi connectivity index (χ0) is 13.9. The predicted octanol–water partition coefficient (Wildman–Crippen LogP) is 2.20. The van der Waals surface area contributed by atoms with E-state index in [4.69, 9.17) is 4.98 Å². The Morgan fingerprint density at radius 3 is 3.05 bits per heavy atom. The first-order valence-electron chi connectivity index (χ1n) is 7.61. The van der Waals surface area contributed by atoms with Crippen LogP contribution in [0.25, 0.3) is 0 Å². The number of nitriles is 1. The van der Waals surface area contributed by atoms with Crippen LogP contribution in [-0.2, 0) is 12.8 Å². The van der Waals surface area contributed by atoms with Crippen molar-refractivity contribution in [2.45, 2.75) is 32.1 Å². The highest BCUT2D eigenvalue weighted by atomic mass is 15.1. The maximum Gasteiger partial charge on any atom is 0.144 e. The van der Waals surface area contributed by atoms with Gasteiger partial charge in [0.1, 0.15) is 11.9 Å². The second kappa shape index (κ2) is 5.80. The van der Waals surface area contributed by atoms with Crippen LogP contribution in [0.1, 0.15) is 36.1 Å². The summed E-state index contributed by atoms with van der Waals surface area (Å²) < 4.78 is 0. The third kappa shape index (κ3) is 2.78. The van der Waals surface area contributed by atoms with Gasteiger partial charge in [0.25, 0.3) is 0 Å². The monoisotopic (exact) mass is 270 g/mol. The number of aromatic nitrogens is 1. The van der Waals surface area contributed by atoms with E-state index in [0.29, 0.717) is 11.5 Å². The Bertz CT molecular complexity index is 532. The van der Waals surface area contributed by atoms with Gasteiger partial charge in [-0.3, -0.25) is 0 Å². The van der Waals surface area contributed by atoms with Crippen LogP contribution >= 0.6 is 0 Å². The van der Waals surface area contributed by atoms with E-state index in [-0.39, 0.29) is 0 Å². The van der Waals surface area contributed by atoms with Crippen LogP contribution in [-0.4, -0.2) is 36.6 Å². The molecule has 1 unspecified atom stereocenters. The van der Waals surface area contributed by atoms with Crippen LogP contribution in [0.15, 0.2) is 6.07 Å². The first-order chi connectivity index (χ1) is 9.76. The van der Waals surface area contributed by atoms with Gasteiger partial charge in [0, 0.05) is 18.8 Å². The Morgan fingerprint density at radius 1 is 1.45 bits per heavy atom. The van der Waals surface area contributed by atoms with Gasteiger partial charge in [-0.2, -0.15) is 5.26 Å². The van der Waals surface area contributed by atoms with Crippen LogP contribution in [0.5, 0.6) is 0 Å². The van der Waals surface area contributed by atoms with Crippen LogP contribution in [0, 0.1) is 17.2 Å². The highest BCUT2D eigenvalue weighted by molar-refractivity contribution is 5.54. The van der Waals surface area contributed by atoms with Crippen LogP contribution in [0.4, 0.5) is 5.82 Å². The molecule has 1 aromatic rings. The van der Waals surface area contributed by atoms with Gasteiger partial charge in [-0.05, 0) is 63.2 Å². The SMILES string of the molecule is CN1CCC(CNc2nc3c(cc2C#N)CCCC3)C1. The molecular weight excluding hydrogens is 248 g/mol. The first kappa shape index (κ1) is 13.4. The number of fused-ring (bicyclic) bond motifs is 1.